The molecule has 0 bridgehead atoms. The second-order valence-electron chi connectivity index (χ2n) is 4.96. The lowest BCUT2D eigenvalue weighted by atomic mass is 10.0. The van der Waals surface area contributed by atoms with Crippen molar-refractivity contribution in [2.24, 2.45) is 0 Å². The van der Waals surface area contributed by atoms with E-state index in [1.165, 1.54) is 0 Å². The second-order valence-corrected chi connectivity index (χ2v) is 4.96. The molecule has 1 fully saturated rings. The zero-order chi connectivity index (χ0) is 15.1. The standard InChI is InChI=1S/C15H20N2O4/c18-14(9-12-10-16-7-8-21-12)17-6-5-11-3-1-2-4-13(11)15(19)20/h1-4,12,16H,5-10H2,(H,17,18)(H,19,20). The van der Waals surface area contributed by atoms with Crippen molar-refractivity contribution in [3.63, 3.8) is 0 Å². The Morgan fingerprint density at radius 2 is 2.19 bits per heavy atom. The summed E-state index contributed by atoms with van der Waals surface area (Å²) in [6.07, 6.45) is 0.746. The van der Waals surface area contributed by atoms with Crippen molar-refractivity contribution in [3.8, 4) is 0 Å². The van der Waals surface area contributed by atoms with Crippen molar-refractivity contribution >= 4 is 11.9 Å². The molecule has 2 rings (SSSR count). The molecule has 21 heavy (non-hydrogen) atoms. The third-order valence-electron chi connectivity index (χ3n) is 3.38. The number of carbonyl (C=O) groups excluding carboxylic acids is 1. The van der Waals surface area contributed by atoms with Crippen LogP contribution in [0.5, 0.6) is 0 Å². The van der Waals surface area contributed by atoms with Crippen molar-refractivity contribution in [3.05, 3.63) is 35.4 Å². The summed E-state index contributed by atoms with van der Waals surface area (Å²) < 4.78 is 5.46. The highest BCUT2D eigenvalue weighted by molar-refractivity contribution is 5.89. The van der Waals surface area contributed by atoms with Gasteiger partial charge in [0.15, 0.2) is 0 Å². The zero-order valence-electron chi connectivity index (χ0n) is 11.8. The quantitative estimate of drug-likeness (QED) is 0.707. The van der Waals surface area contributed by atoms with E-state index in [0.717, 1.165) is 12.1 Å². The Kier molecular flexibility index (Phi) is 5.71. The molecular weight excluding hydrogens is 272 g/mol. The predicted octanol–water partition coefficient (Wildman–Crippen LogP) is 0.422. The van der Waals surface area contributed by atoms with Crippen LogP contribution in [0.25, 0.3) is 0 Å². The molecule has 1 saturated heterocycles. The van der Waals surface area contributed by atoms with Gasteiger partial charge in [-0.15, -0.1) is 0 Å². The van der Waals surface area contributed by atoms with Gasteiger partial charge < -0.3 is 20.5 Å². The number of hydrogen-bond donors (Lipinski definition) is 3. The van der Waals surface area contributed by atoms with E-state index >= 15 is 0 Å². The van der Waals surface area contributed by atoms with Crippen molar-refractivity contribution in [1.29, 1.82) is 0 Å². The van der Waals surface area contributed by atoms with Crippen LogP contribution in [0, 0.1) is 0 Å². The first kappa shape index (κ1) is 15.5. The smallest absolute Gasteiger partial charge is 0.335 e. The van der Waals surface area contributed by atoms with Crippen molar-refractivity contribution < 1.29 is 19.4 Å². The van der Waals surface area contributed by atoms with E-state index in [-0.39, 0.29) is 17.6 Å². The van der Waals surface area contributed by atoms with Crippen molar-refractivity contribution in [1.82, 2.24) is 10.6 Å². The number of carboxylic acid groups (broad SMARTS) is 1. The molecule has 0 radical (unpaired) electrons. The lowest BCUT2D eigenvalue weighted by Gasteiger charge is -2.23. The van der Waals surface area contributed by atoms with Crippen LogP contribution in [0.3, 0.4) is 0 Å². The summed E-state index contributed by atoms with van der Waals surface area (Å²) in [7, 11) is 0. The third-order valence-corrected chi connectivity index (χ3v) is 3.38. The molecule has 1 atom stereocenters. The molecule has 1 aromatic carbocycles. The molecule has 1 aromatic rings. The average molecular weight is 292 g/mol. The number of carbonyl (C=O) groups is 2. The molecule has 0 aliphatic carbocycles. The SMILES string of the molecule is O=C(CC1CNCCO1)NCCc1ccccc1C(=O)O. The van der Waals surface area contributed by atoms with E-state index in [4.69, 9.17) is 9.84 Å². The van der Waals surface area contributed by atoms with Gasteiger partial charge in [-0.2, -0.15) is 0 Å². The Hall–Kier alpha value is -1.92. The van der Waals surface area contributed by atoms with Gasteiger partial charge in [0.05, 0.1) is 24.7 Å². The Morgan fingerprint density at radius 1 is 1.38 bits per heavy atom. The molecule has 1 amide bonds. The van der Waals surface area contributed by atoms with Gasteiger partial charge in [0, 0.05) is 19.6 Å². The first-order valence-corrected chi connectivity index (χ1v) is 7.07. The highest BCUT2D eigenvalue weighted by Gasteiger charge is 2.17. The third kappa shape index (κ3) is 4.84. The van der Waals surface area contributed by atoms with Crippen LogP contribution < -0.4 is 10.6 Å². The molecule has 3 N–H and O–H groups in total. The highest BCUT2D eigenvalue weighted by Crippen LogP contribution is 2.09. The number of aromatic carboxylic acids is 1. The minimum absolute atomic E-state index is 0.0727. The fourth-order valence-corrected chi connectivity index (χ4v) is 2.31. The number of ether oxygens (including phenoxy) is 1. The van der Waals surface area contributed by atoms with Crippen LogP contribution >= 0.6 is 0 Å². The number of nitrogens with one attached hydrogen (secondary N) is 2. The summed E-state index contributed by atoms with van der Waals surface area (Å²) in [4.78, 5) is 22.9. The number of carboxylic acids is 1. The average Bonchev–Trinajstić information content (AvgIpc) is 2.48. The minimum atomic E-state index is -0.946. The van der Waals surface area contributed by atoms with E-state index in [1.807, 2.05) is 0 Å². The van der Waals surface area contributed by atoms with Crippen molar-refractivity contribution in [2.75, 3.05) is 26.2 Å². The minimum Gasteiger partial charge on any atom is -0.478 e. The fourth-order valence-electron chi connectivity index (χ4n) is 2.31. The molecule has 0 aromatic heterocycles. The van der Waals surface area contributed by atoms with E-state index in [9.17, 15) is 9.59 Å². The molecule has 1 unspecified atom stereocenters. The Morgan fingerprint density at radius 3 is 2.90 bits per heavy atom. The lowest BCUT2D eigenvalue weighted by molar-refractivity contribution is -0.124. The van der Waals surface area contributed by atoms with Crippen LogP contribution in [0.15, 0.2) is 24.3 Å². The van der Waals surface area contributed by atoms with Gasteiger partial charge in [-0.3, -0.25) is 4.79 Å². The maximum absolute atomic E-state index is 11.8. The Labute approximate surface area is 123 Å². The molecule has 0 saturated carbocycles. The molecule has 0 spiro atoms. The van der Waals surface area contributed by atoms with Gasteiger partial charge in [0.1, 0.15) is 0 Å². The molecule has 1 aliphatic rings. The second kappa shape index (κ2) is 7.75. The largest absolute Gasteiger partial charge is 0.478 e. The number of hydrogen-bond acceptors (Lipinski definition) is 4. The van der Waals surface area contributed by atoms with Gasteiger partial charge in [-0.1, -0.05) is 18.2 Å². The zero-order valence-corrected chi connectivity index (χ0v) is 11.8. The summed E-state index contributed by atoms with van der Waals surface area (Å²) in [5.41, 5.74) is 1.01. The van der Waals surface area contributed by atoms with Gasteiger partial charge in [-0.25, -0.2) is 4.79 Å². The topological polar surface area (TPSA) is 87.7 Å². The van der Waals surface area contributed by atoms with E-state index in [2.05, 4.69) is 10.6 Å². The lowest BCUT2D eigenvalue weighted by Crippen LogP contribution is -2.41. The highest BCUT2D eigenvalue weighted by atomic mass is 16.5. The number of rotatable bonds is 6. The maximum atomic E-state index is 11.8. The predicted molar refractivity (Wildman–Crippen MR) is 77.3 cm³/mol. The van der Waals surface area contributed by atoms with Crippen molar-refractivity contribution in [2.45, 2.75) is 18.9 Å². The van der Waals surface area contributed by atoms with Gasteiger partial charge >= 0.3 is 5.97 Å². The summed E-state index contributed by atoms with van der Waals surface area (Å²) in [5.74, 6) is -1.02. The van der Waals surface area contributed by atoms with Crippen LogP contribution in [0.1, 0.15) is 22.3 Å². The molecular formula is C15H20N2O4. The maximum Gasteiger partial charge on any atom is 0.335 e. The summed E-state index contributed by atoms with van der Waals surface area (Å²) in [6, 6.07) is 6.83. The molecule has 1 heterocycles. The summed E-state index contributed by atoms with van der Waals surface area (Å²) >= 11 is 0. The monoisotopic (exact) mass is 292 g/mol. The molecule has 114 valence electrons. The normalized spacial score (nSPS) is 18.2. The Balaban J connectivity index is 1.76. The van der Waals surface area contributed by atoms with E-state index < -0.39 is 5.97 Å². The summed E-state index contributed by atoms with van der Waals surface area (Å²) in [6.45, 7) is 2.56. The van der Waals surface area contributed by atoms with Gasteiger partial charge in [0.2, 0.25) is 5.91 Å². The van der Waals surface area contributed by atoms with Crippen LogP contribution in [-0.4, -0.2) is 49.3 Å². The first-order valence-electron chi connectivity index (χ1n) is 7.07. The first-order chi connectivity index (χ1) is 10.2. The number of amides is 1. The fraction of sp³-hybridized carbons (Fsp3) is 0.467. The molecule has 6 nitrogen and oxygen atoms in total. The van der Waals surface area contributed by atoms with Gasteiger partial charge in [-0.05, 0) is 18.1 Å². The number of benzene rings is 1. The van der Waals surface area contributed by atoms with Gasteiger partial charge in [0.25, 0.3) is 0 Å². The Bertz CT molecular complexity index is 498. The van der Waals surface area contributed by atoms with E-state index in [1.54, 1.807) is 24.3 Å². The van der Waals surface area contributed by atoms with Crippen LogP contribution in [0.2, 0.25) is 0 Å². The molecule has 6 heteroatoms. The van der Waals surface area contributed by atoms with E-state index in [0.29, 0.717) is 32.5 Å². The van der Waals surface area contributed by atoms with Crippen LogP contribution in [0.4, 0.5) is 0 Å². The molecule has 1 aliphatic heterocycles. The number of morpholine rings is 1. The van der Waals surface area contributed by atoms with Crippen LogP contribution in [-0.2, 0) is 16.0 Å². The summed E-state index contributed by atoms with van der Waals surface area (Å²) in [5, 5.41) is 15.1.